The van der Waals surface area contributed by atoms with Crippen LogP contribution in [0.4, 0.5) is 0 Å². The number of carbonyl (C=O) groups is 1. The quantitative estimate of drug-likeness (QED) is 0.640. The Morgan fingerprint density at radius 1 is 1.57 bits per heavy atom. The maximum atomic E-state index is 11.4. The van der Waals surface area contributed by atoms with Gasteiger partial charge in [0, 0.05) is 20.3 Å². The number of ether oxygens (including phenoxy) is 1. The highest BCUT2D eigenvalue weighted by Crippen LogP contribution is 2.44. The Kier molecular flexibility index (Phi) is 3.90. The largest absolute Gasteiger partial charge is 0.385 e. The fourth-order valence-electron chi connectivity index (χ4n) is 1.26. The van der Waals surface area contributed by atoms with Crippen LogP contribution in [0.5, 0.6) is 0 Å². The molecule has 4 heteroatoms. The smallest absolute Gasteiger partial charge is 0.240 e. The predicted molar refractivity (Wildman–Crippen MR) is 51.4 cm³/mol. The highest BCUT2D eigenvalue weighted by molar-refractivity contribution is 5.88. The van der Waals surface area contributed by atoms with Crippen LogP contribution in [0, 0.1) is 16.7 Å². The van der Waals surface area contributed by atoms with Crippen molar-refractivity contribution in [2.24, 2.45) is 5.41 Å². The Hall–Kier alpha value is -1.08. The lowest BCUT2D eigenvalue weighted by molar-refractivity contribution is -0.124. The van der Waals surface area contributed by atoms with Crippen molar-refractivity contribution in [1.29, 1.82) is 5.26 Å². The molecule has 14 heavy (non-hydrogen) atoms. The number of hydrogen-bond donors (Lipinski definition) is 1. The SMILES string of the molecule is COCCCCNC(=O)C1(C#N)CC1. The number of rotatable bonds is 6. The first-order valence-electron chi connectivity index (χ1n) is 4.94. The minimum absolute atomic E-state index is 0.0996. The third-order valence-corrected chi connectivity index (χ3v) is 2.46. The molecule has 1 amide bonds. The van der Waals surface area contributed by atoms with Gasteiger partial charge in [0.15, 0.2) is 0 Å². The normalized spacial score (nSPS) is 17.1. The number of nitrogens with one attached hydrogen (secondary N) is 1. The number of nitrogens with zero attached hydrogens (tertiary/aromatic N) is 1. The lowest BCUT2D eigenvalue weighted by Crippen LogP contribution is -2.31. The zero-order valence-corrected chi connectivity index (χ0v) is 8.51. The Morgan fingerprint density at radius 2 is 2.29 bits per heavy atom. The van der Waals surface area contributed by atoms with Crippen LogP contribution in [0.25, 0.3) is 0 Å². The maximum absolute atomic E-state index is 11.4. The van der Waals surface area contributed by atoms with Crippen LogP contribution in [0.2, 0.25) is 0 Å². The van der Waals surface area contributed by atoms with Gasteiger partial charge in [-0.25, -0.2) is 0 Å². The van der Waals surface area contributed by atoms with E-state index in [-0.39, 0.29) is 5.91 Å². The van der Waals surface area contributed by atoms with E-state index in [1.54, 1.807) is 7.11 Å². The number of carbonyl (C=O) groups excluding carboxylic acids is 1. The van der Waals surface area contributed by atoms with Crippen LogP contribution < -0.4 is 5.32 Å². The molecular weight excluding hydrogens is 180 g/mol. The van der Waals surface area contributed by atoms with Crippen molar-refractivity contribution in [3.05, 3.63) is 0 Å². The minimum Gasteiger partial charge on any atom is -0.385 e. The third kappa shape index (κ3) is 2.71. The maximum Gasteiger partial charge on any atom is 0.240 e. The molecular formula is C10H16N2O2. The molecule has 0 heterocycles. The molecule has 1 rings (SSSR count). The molecule has 1 saturated carbocycles. The van der Waals surface area contributed by atoms with Gasteiger partial charge >= 0.3 is 0 Å². The minimum atomic E-state index is -0.679. The molecule has 0 bridgehead atoms. The second-order valence-corrected chi connectivity index (χ2v) is 3.65. The summed E-state index contributed by atoms with van der Waals surface area (Å²) in [5.74, 6) is -0.0996. The standard InChI is InChI=1S/C10H16N2O2/c1-14-7-3-2-6-12-9(13)10(8-11)4-5-10/h2-7H2,1H3,(H,12,13). The van der Waals surface area contributed by atoms with Gasteiger partial charge in [-0.15, -0.1) is 0 Å². The fourth-order valence-corrected chi connectivity index (χ4v) is 1.26. The molecule has 4 nitrogen and oxygen atoms in total. The molecule has 0 aromatic heterocycles. The molecule has 0 saturated heterocycles. The van der Waals surface area contributed by atoms with Gasteiger partial charge in [0.1, 0.15) is 5.41 Å². The van der Waals surface area contributed by atoms with Crippen molar-refractivity contribution >= 4 is 5.91 Å². The van der Waals surface area contributed by atoms with E-state index in [9.17, 15) is 4.79 Å². The molecule has 0 radical (unpaired) electrons. The first kappa shape index (κ1) is 11.0. The number of nitriles is 1. The van der Waals surface area contributed by atoms with Gasteiger partial charge in [0.05, 0.1) is 6.07 Å². The van der Waals surface area contributed by atoms with Gasteiger partial charge in [-0.2, -0.15) is 5.26 Å². The zero-order chi connectivity index (χ0) is 10.4. The number of hydrogen-bond acceptors (Lipinski definition) is 3. The van der Waals surface area contributed by atoms with E-state index in [1.165, 1.54) is 0 Å². The number of amides is 1. The summed E-state index contributed by atoms with van der Waals surface area (Å²) < 4.78 is 4.88. The van der Waals surface area contributed by atoms with Gasteiger partial charge in [-0.3, -0.25) is 4.79 Å². The Labute approximate surface area is 84.2 Å². The second kappa shape index (κ2) is 4.97. The van der Waals surface area contributed by atoms with Gasteiger partial charge in [-0.1, -0.05) is 0 Å². The van der Waals surface area contributed by atoms with Crippen LogP contribution in [-0.4, -0.2) is 26.2 Å². The van der Waals surface area contributed by atoms with Gasteiger partial charge in [-0.05, 0) is 25.7 Å². The second-order valence-electron chi connectivity index (χ2n) is 3.65. The summed E-state index contributed by atoms with van der Waals surface area (Å²) in [6.07, 6.45) is 3.28. The summed E-state index contributed by atoms with van der Waals surface area (Å²) in [7, 11) is 1.66. The molecule has 0 aliphatic heterocycles. The van der Waals surface area contributed by atoms with Crippen molar-refractivity contribution in [3.63, 3.8) is 0 Å². The van der Waals surface area contributed by atoms with Crippen molar-refractivity contribution in [3.8, 4) is 6.07 Å². The van der Waals surface area contributed by atoms with Crippen molar-refractivity contribution in [2.75, 3.05) is 20.3 Å². The van der Waals surface area contributed by atoms with Crippen LogP contribution in [0.3, 0.4) is 0 Å². The van der Waals surface area contributed by atoms with Gasteiger partial charge in [0.2, 0.25) is 5.91 Å². The average Bonchev–Trinajstić information content (AvgIpc) is 2.98. The van der Waals surface area contributed by atoms with E-state index in [4.69, 9.17) is 10.00 Å². The molecule has 0 aromatic rings. The summed E-state index contributed by atoms with van der Waals surface area (Å²) in [4.78, 5) is 11.4. The van der Waals surface area contributed by atoms with E-state index >= 15 is 0 Å². The van der Waals surface area contributed by atoms with Crippen LogP contribution >= 0.6 is 0 Å². The van der Waals surface area contributed by atoms with E-state index < -0.39 is 5.41 Å². The summed E-state index contributed by atoms with van der Waals surface area (Å²) in [5.41, 5.74) is -0.679. The molecule has 1 aliphatic rings. The molecule has 0 spiro atoms. The van der Waals surface area contributed by atoms with Crippen LogP contribution in [0.1, 0.15) is 25.7 Å². The third-order valence-electron chi connectivity index (χ3n) is 2.46. The van der Waals surface area contributed by atoms with E-state index in [2.05, 4.69) is 11.4 Å². The fraction of sp³-hybridized carbons (Fsp3) is 0.800. The molecule has 0 atom stereocenters. The van der Waals surface area contributed by atoms with Crippen LogP contribution in [-0.2, 0) is 9.53 Å². The predicted octanol–water partition coefficient (Wildman–Crippen LogP) is 0.833. The van der Waals surface area contributed by atoms with E-state index in [0.717, 1.165) is 19.4 Å². The van der Waals surface area contributed by atoms with Crippen molar-refractivity contribution in [2.45, 2.75) is 25.7 Å². The molecule has 0 unspecified atom stereocenters. The summed E-state index contributed by atoms with van der Waals surface area (Å²) in [6.45, 7) is 1.37. The summed E-state index contributed by atoms with van der Waals surface area (Å²) in [6, 6.07) is 2.07. The Balaban J connectivity index is 2.08. The average molecular weight is 196 g/mol. The topological polar surface area (TPSA) is 62.1 Å². The first-order chi connectivity index (χ1) is 6.75. The highest BCUT2D eigenvalue weighted by Gasteiger charge is 2.50. The summed E-state index contributed by atoms with van der Waals surface area (Å²) >= 11 is 0. The van der Waals surface area contributed by atoms with Crippen molar-refractivity contribution in [1.82, 2.24) is 5.32 Å². The Morgan fingerprint density at radius 3 is 2.79 bits per heavy atom. The zero-order valence-electron chi connectivity index (χ0n) is 8.51. The lowest BCUT2D eigenvalue weighted by atomic mass is 10.1. The van der Waals surface area contributed by atoms with Crippen molar-refractivity contribution < 1.29 is 9.53 Å². The molecule has 0 aromatic carbocycles. The molecule has 78 valence electrons. The van der Waals surface area contributed by atoms with Crippen LogP contribution in [0.15, 0.2) is 0 Å². The molecule has 1 fully saturated rings. The number of methoxy groups -OCH3 is 1. The van der Waals surface area contributed by atoms with Gasteiger partial charge in [0.25, 0.3) is 0 Å². The van der Waals surface area contributed by atoms with E-state index in [0.29, 0.717) is 19.4 Å². The summed E-state index contributed by atoms with van der Waals surface area (Å²) in [5, 5.41) is 11.5. The lowest BCUT2D eigenvalue weighted by Gasteiger charge is -2.07. The van der Waals surface area contributed by atoms with Gasteiger partial charge < -0.3 is 10.1 Å². The number of unbranched alkanes of at least 4 members (excludes halogenated alkanes) is 1. The highest BCUT2D eigenvalue weighted by atomic mass is 16.5. The molecule has 1 aliphatic carbocycles. The Bertz CT molecular complexity index is 241. The first-order valence-corrected chi connectivity index (χ1v) is 4.94. The molecule has 1 N–H and O–H groups in total. The monoisotopic (exact) mass is 196 g/mol. The van der Waals surface area contributed by atoms with E-state index in [1.807, 2.05) is 0 Å².